The molecule has 0 saturated heterocycles. The maximum Gasteiger partial charge on any atom is 0.116 e. The fourth-order valence-electron chi connectivity index (χ4n) is 4.72. The van der Waals surface area contributed by atoms with Crippen molar-refractivity contribution in [3.8, 4) is 23.0 Å². The van der Waals surface area contributed by atoms with E-state index in [1.165, 1.54) is 6.42 Å². The molecule has 0 bridgehead atoms. The van der Waals surface area contributed by atoms with Crippen LogP contribution >= 0.6 is 0 Å². The maximum absolute atomic E-state index is 10.2. The number of rotatable bonds is 0. The summed E-state index contributed by atoms with van der Waals surface area (Å²) >= 11 is 0. The van der Waals surface area contributed by atoms with Crippen molar-refractivity contribution in [1.29, 1.82) is 0 Å². The van der Waals surface area contributed by atoms with E-state index in [9.17, 15) is 20.4 Å². The molecule has 0 amide bonds. The topological polar surface area (TPSA) is 80.9 Å². The number of aromatic hydroxyl groups is 4. The van der Waals surface area contributed by atoms with Gasteiger partial charge in [-0.3, -0.25) is 0 Å². The van der Waals surface area contributed by atoms with Crippen LogP contribution in [0.1, 0.15) is 62.8 Å². The second-order valence-corrected chi connectivity index (χ2v) is 8.38. The number of phenolic OH excluding ortho intramolecular Hbond substituents is 4. The van der Waals surface area contributed by atoms with Gasteiger partial charge in [0.2, 0.25) is 0 Å². The third kappa shape index (κ3) is 5.96. The number of phenols is 4. The summed E-state index contributed by atoms with van der Waals surface area (Å²) in [5.41, 5.74) is 0. The monoisotopic (exact) mass is 528 g/mol. The van der Waals surface area contributed by atoms with Crippen molar-refractivity contribution in [1.82, 2.24) is 0 Å². The molecule has 0 radical (unpaired) electrons. The van der Waals surface area contributed by atoms with Crippen molar-refractivity contribution in [3.05, 3.63) is 72.8 Å². The molecule has 6 aromatic carbocycles. The Morgan fingerprint density at radius 2 is 0.564 bits per heavy atom. The van der Waals surface area contributed by atoms with E-state index in [1.54, 1.807) is 48.5 Å². The number of hydrogen-bond acceptors (Lipinski definition) is 4. The molecule has 39 heavy (non-hydrogen) atoms. The van der Waals surface area contributed by atoms with Crippen LogP contribution in [-0.4, -0.2) is 20.4 Å². The zero-order chi connectivity index (χ0) is 27.3. The molecule has 6 aromatic rings. The molecule has 6 rings (SSSR count). The van der Waals surface area contributed by atoms with Gasteiger partial charge in [0.15, 0.2) is 0 Å². The van der Waals surface area contributed by atoms with Crippen LogP contribution in [0.3, 0.4) is 0 Å². The van der Waals surface area contributed by atoms with Crippen molar-refractivity contribution >= 4 is 53.9 Å². The van der Waals surface area contributed by atoms with Gasteiger partial charge in [-0.25, -0.2) is 0 Å². The number of hydrogen-bond donors (Lipinski definition) is 4. The Morgan fingerprint density at radius 3 is 0.744 bits per heavy atom. The Hall–Kier alpha value is -4.18. The van der Waals surface area contributed by atoms with Crippen LogP contribution < -0.4 is 0 Å². The van der Waals surface area contributed by atoms with Gasteiger partial charge in [-0.2, -0.15) is 0 Å². The Kier molecular flexibility index (Phi) is 11.9. The second kappa shape index (κ2) is 14.1. The second-order valence-electron chi connectivity index (χ2n) is 8.38. The van der Waals surface area contributed by atoms with E-state index < -0.39 is 0 Å². The minimum Gasteiger partial charge on any atom is -0.508 e. The Morgan fingerprint density at radius 1 is 0.385 bits per heavy atom. The summed E-state index contributed by atoms with van der Waals surface area (Å²) in [7, 11) is 0. The van der Waals surface area contributed by atoms with Crippen LogP contribution in [0.25, 0.3) is 53.9 Å². The zero-order valence-corrected chi connectivity index (χ0v) is 22.4. The van der Waals surface area contributed by atoms with Crippen LogP contribution in [0, 0.1) is 0 Å². The molecule has 0 spiro atoms. The van der Waals surface area contributed by atoms with Gasteiger partial charge in [0.25, 0.3) is 0 Å². The Balaban J connectivity index is 0.000000780. The molecule has 0 fully saturated rings. The predicted octanol–water partition coefficient (Wildman–Crippen LogP) is 11.0. The summed E-state index contributed by atoms with van der Waals surface area (Å²) in [6.45, 7) is 12.2. The van der Waals surface area contributed by atoms with Crippen LogP contribution in [0.2, 0.25) is 0 Å². The average Bonchev–Trinajstić information content (AvgIpc) is 2.91. The summed E-state index contributed by atoms with van der Waals surface area (Å²) in [6.07, 6.45) is 1.25. The van der Waals surface area contributed by atoms with E-state index in [0.29, 0.717) is 0 Å². The van der Waals surface area contributed by atoms with Crippen molar-refractivity contribution in [3.63, 3.8) is 0 Å². The summed E-state index contributed by atoms with van der Waals surface area (Å²) in [4.78, 5) is 0. The summed E-state index contributed by atoms with van der Waals surface area (Å²) in [5.74, 6) is 0.608. The lowest BCUT2D eigenvalue weighted by Gasteiger charge is -2.17. The predicted molar refractivity (Wildman–Crippen MR) is 173 cm³/mol. The van der Waals surface area contributed by atoms with E-state index in [1.807, 2.05) is 52.0 Å². The van der Waals surface area contributed by atoms with E-state index in [-0.39, 0.29) is 37.9 Å². The van der Waals surface area contributed by atoms with Crippen LogP contribution in [-0.2, 0) is 0 Å². The van der Waals surface area contributed by atoms with Crippen LogP contribution in [0.15, 0.2) is 72.8 Å². The Labute approximate surface area is 232 Å². The molecule has 0 aliphatic carbocycles. The first-order valence-electron chi connectivity index (χ1n) is 13.0. The summed E-state index contributed by atoms with van der Waals surface area (Å²) < 4.78 is 0. The van der Waals surface area contributed by atoms with Crippen molar-refractivity contribution in [2.24, 2.45) is 0 Å². The first-order valence-corrected chi connectivity index (χ1v) is 13.0. The van der Waals surface area contributed by atoms with E-state index in [2.05, 4.69) is 13.8 Å². The largest absolute Gasteiger partial charge is 0.508 e. The third-order valence-electron chi connectivity index (χ3n) is 5.92. The van der Waals surface area contributed by atoms with Crippen molar-refractivity contribution in [2.45, 2.75) is 62.8 Å². The molecule has 0 unspecified atom stereocenters. The normalized spacial score (nSPS) is 9.90. The van der Waals surface area contributed by atoms with E-state index >= 15 is 0 Å². The lowest BCUT2D eigenvalue weighted by Crippen LogP contribution is -1.88. The highest BCUT2D eigenvalue weighted by Gasteiger charge is 2.17. The van der Waals surface area contributed by atoms with E-state index in [4.69, 9.17) is 0 Å². The molecular formula is C35H44O4. The third-order valence-corrected chi connectivity index (χ3v) is 5.92. The summed E-state index contributed by atoms with van der Waals surface area (Å²) in [6, 6.07) is 21.0. The smallest absolute Gasteiger partial charge is 0.116 e. The van der Waals surface area contributed by atoms with Gasteiger partial charge in [0.1, 0.15) is 23.0 Å². The average molecular weight is 529 g/mol. The highest BCUT2D eigenvalue weighted by atomic mass is 16.3. The van der Waals surface area contributed by atoms with Crippen molar-refractivity contribution < 1.29 is 20.4 Å². The standard InChI is InChI=1S/C26H16O4.C3H8.2C2H6.2CH4/c27-13-1-5-17-21(9-13)22-10-14(28)3-7-19(22)26-20-8-4-16(30)12-24(20)23-11-15(29)2-6-18(23)25(17)26;1-3-2;2*1-2;;/h1-12,27-30H;3H2,1-2H3;2*1-2H3;2*1H4. The first-order chi connectivity index (χ1) is 17.9. The molecule has 0 aromatic heterocycles. The van der Waals surface area contributed by atoms with Gasteiger partial charge in [-0.15, -0.1) is 0 Å². The molecule has 0 atom stereocenters. The van der Waals surface area contributed by atoms with Gasteiger partial charge in [0.05, 0.1) is 0 Å². The highest BCUT2D eigenvalue weighted by molar-refractivity contribution is 6.39. The van der Waals surface area contributed by atoms with Gasteiger partial charge < -0.3 is 20.4 Å². The van der Waals surface area contributed by atoms with Crippen LogP contribution in [0.5, 0.6) is 23.0 Å². The van der Waals surface area contributed by atoms with Gasteiger partial charge in [-0.05, 0) is 102 Å². The first kappa shape index (κ1) is 32.8. The molecular weight excluding hydrogens is 484 g/mol. The number of benzene rings is 6. The van der Waals surface area contributed by atoms with Crippen LogP contribution in [0.4, 0.5) is 0 Å². The molecule has 4 N–H and O–H groups in total. The minimum atomic E-state index is 0. The fraction of sp³-hybridized carbons (Fsp3) is 0.257. The molecule has 0 aliphatic rings. The zero-order valence-electron chi connectivity index (χ0n) is 22.4. The fourth-order valence-corrected chi connectivity index (χ4v) is 4.72. The van der Waals surface area contributed by atoms with Gasteiger partial charge in [0, 0.05) is 0 Å². The minimum absolute atomic E-state index is 0. The van der Waals surface area contributed by atoms with Crippen molar-refractivity contribution in [2.75, 3.05) is 0 Å². The van der Waals surface area contributed by atoms with Gasteiger partial charge >= 0.3 is 0 Å². The van der Waals surface area contributed by atoms with E-state index in [0.717, 1.165) is 53.9 Å². The molecule has 0 heterocycles. The summed E-state index contributed by atoms with van der Waals surface area (Å²) in [5, 5.41) is 49.7. The maximum atomic E-state index is 10.2. The number of fused-ring (bicyclic) bond motifs is 11. The highest BCUT2D eigenvalue weighted by Crippen LogP contribution is 2.46. The lowest BCUT2D eigenvalue weighted by atomic mass is 9.87. The molecule has 4 heteroatoms. The molecule has 4 nitrogen and oxygen atoms in total. The lowest BCUT2D eigenvalue weighted by molar-refractivity contribution is 0.475. The molecule has 0 saturated carbocycles. The van der Waals surface area contributed by atoms with Gasteiger partial charge in [-0.1, -0.05) is 87.1 Å². The Bertz CT molecular complexity index is 1450. The SMILES string of the molecule is C.C.CC.CC.CCC.Oc1ccc2c(c1)c1cc(O)ccc1c1c3ccc(O)cc3c3cc(O)ccc3c21. The molecule has 208 valence electrons. The quantitative estimate of drug-likeness (QED) is 0.148. The molecule has 0 aliphatic heterocycles.